The molecular formula is C32H30N2O3S. The van der Waals surface area contributed by atoms with E-state index in [1.54, 1.807) is 18.4 Å². The highest BCUT2D eigenvalue weighted by Crippen LogP contribution is 2.34. The second-order valence-electron chi connectivity index (χ2n) is 9.16. The van der Waals surface area contributed by atoms with Gasteiger partial charge in [-0.3, -0.25) is 0 Å². The lowest BCUT2D eigenvalue weighted by Crippen LogP contribution is -2.37. The standard InChI is InChI=1S/C32H30N2O3S/c1-22-13-20-30(38-22)32-23(2)33-31(28(34(32)35)19-16-24-9-5-4-6-10-24)27-11-7-8-12-29(27)37-21-25-14-17-26(36-3)18-15-25/h4-15,17-18,20H,16,19,21H2,1-3H3. The molecule has 3 aromatic carbocycles. The maximum absolute atomic E-state index is 14.0. The molecule has 0 aliphatic carbocycles. The number of hydrogen-bond acceptors (Lipinski definition) is 5. The van der Waals surface area contributed by atoms with Gasteiger partial charge in [-0.15, -0.1) is 11.3 Å². The Kier molecular flexibility index (Phi) is 7.70. The highest BCUT2D eigenvalue weighted by Gasteiger charge is 2.26. The zero-order valence-electron chi connectivity index (χ0n) is 21.8. The van der Waals surface area contributed by atoms with Crippen LogP contribution in [0.15, 0.2) is 91.0 Å². The van der Waals surface area contributed by atoms with Crippen LogP contribution in [0.25, 0.3) is 21.8 Å². The van der Waals surface area contributed by atoms with Gasteiger partial charge >= 0.3 is 0 Å². The fourth-order valence-corrected chi connectivity index (χ4v) is 5.46. The number of ether oxygens (including phenoxy) is 2. The number of benzene rings is 3. The van der Waals surface area contributed by atoms with Gasteiger partial charge in [-0.25, -0.2) is 4.98 Å². The van der Waals surface area contributed by atoms with Crippen molar-refractivity contribution >= 4 is 11.3 Å². The van der Waals surface area contributed by atoms with Gasteiger partial charge in [0.25, 0.3) is 5.69 Å². The van der Waals surface area contributed by atoms with E-state index in [1.165, 1.54) is 5.56 Å². The minimum absolute atomic E-state index is 0.392. The lowest BCUT2D eigenvalue weighted by Gasteiger charge is -2.17. The molecule has 0 saturated heterocycles. The first kappa shape index (κ1) is 25.5. The fraction of sp³-hybridized carbons (Fsp3) is 0.188. The predicted octanol–water partition coefficient (Wildman–Crippen LogP) is 7.10. The first-order valence-corrected chi connectivity index (χ1v) is 13.4. The maximum atomic E-state index is 14.0. The molecule has 0 bridgehead atoms. The van der Waals surface area contributed by atoms with Crippen LogP contribution in [-0.2, 0) is 19.4 Å². The Bertz CT molecular complexity index is 1530. The Labute approximate surface area is 227 Å². The molecule has 0 atom stereocenters. The molecule has 6 heteroatoms. The highest BCUT2D eigenvalue weighted by atomic mass is 32.1. The molecule has 0 fully saturated rings. The smallest absolute Gasteiger partial charge is 0.255 e. The first-order valence-electron chi connectivity index (χ1n) is 12.6. The molecule has 0 unspecified atom stereocenters. The third kappa shape index (κ3) is 5.55. The average molecular weight is 523 g/mol. The summed E-state index contributed by atoms with van der Waals surface area (Å²) in [6, 6.07) is 29.9. The van der Waals surface area contributed by atoms with Gasteiger partial charge in [0.15, 0.2) is 0 Å². The summed E-state index contributed by atoms with van der Waals surface area (Å²) in [6.45, 7) is 4.35. The van der Waals surface area contributed by atoms with E-state index in [9.17, 15) is 5.21 Å². The molecule has 38 heavy (non-hydrogen) atoms. The summed E-state index contributed by atoms with van der Waals surface area (Å²) in [5.41, 5.74) is 5.63. The molecule has 0 saturated carbocycles. The first-order chi connectivity index (χ1) is 18.5. The van der Waals surface area contributed by atoms with E-state index in [0.717, 1.165) is 37.8 Å². The number of methoxy groups -OCH3 is 1. The molecule has 2 heterocycles. The molecule has 0 N–H and O–H groups in total. The van der Waals surface area contributed by atoms with Gasteiger partial charge < -0.3 is 14.7 Å². The lowest BCUT2D eigenvalue weighted by molar-refractivity contribution is -0.602. The molecule has 192 valence electrons. The third-order valence-electron chi connectivity index (χ3n) is 6.51. The van der Waals surface area contributed by atoms with Gasteiger partial charge in [0, 0.05) is 16.9 Å². The monoisotopic (exact) mass is 522 g/mol. The molecule has 0 spiro atoms. The van der Waals surface area contributed by atoms with Gasteiger partial charge in [0.05, 0.1) is 7.11 Å². The van der Waals surface area contributed by atoms with E-state index in [-0.39, 0.29) is 0 Å². The van der Waals surface area contributed by atoms with Crippen LogP contribution in [-0.4, -0.2) is 12.1 Å². The zero-order chi connectivity index (χ0) is 26.5. The second-order valence-corrected chi connectivity index (χ2v) is 10.5. The summed E-state index contributed by atoms with van der Waals surface area (Å²) in [4.78, 5) is 7.12. The Morgan fingerprint density at radius 1 is 0.816 bits per heavy atom. The molecule has 0 aliphatic heterocycles. The predicted molar refractivity (Wildman–Crippen MR) is 153 cm³/mol. The molecule has 2 aromatic heterocycles. The number of rotatable bonds is 9. The molecule has 0 amide bonds. The molecule has 5 nitrogen and oxygen atoms in total. The van der Waals surface area contributed by atoms with Crippen LogP contribution in [0.4, 0.5) is 0 Å². The Morgan fingerprint density at radius 3 is 2.26 bits per heavy atom. The fourth-order valence-electron chi connectivity index (χ4n) is 4.52. The number of aryl methyl sites for hydroxylation is 3. The van der Waals surface area contributed by atoms with E-state index in [0.29, 0.717) is 41.6 Å². The number of hydrogen-bond donors (Lipinski definition) is 0. The van der Waals surface area contributed by atoms with Gasteiger partial charge in [-0.05, 0) is 67.8 Å². The normalized spacial score (nSPS) is 10.9. The quantitative estimate of drug-likeness (QED) is 0.153. The topological polar surface area (TPSA) is 58.3 Å². The van der Waals surface area contributed by atoms with Gasteiger partial charge in [0.2, 0.25) is 5.69 Å². The zero-order valence-corrected chi connectivity index (χ0v) is 22.6. The number of thiophene rings is 1. The molecular weight excluding hydrogens is 492 g/mol. The maximum Gasteiger partial charge on any atom is 0.255 e. The van der Waals surface area contributed by atoms with Crippen LogP contribution < -0.4 is 14.2 Å². The van der Waals surface area contributed by atoms with Crippen molar-refractivity contribution in [2.45, 2.75) is 33.3 Å². The van der Waals surface area contributed by atoms with Crippen molar-refractivity contribution in [2.24, 2.45) is 0 Å². The summed E-state index contributed by atoms with van der Waals surface area (Å²) in [7, 11) is 1.65. The van der Waals surface area contributed by atoms with Crippen LogP contribution in [0.5, 0.6) is 11.5 Å². The van der Waals surface area contributed by atoms with Crippen molar-refractivity contribution in [1.29, 1.82) is 0 Å². The highest BCUT2D eigenvalue weighted by molar-refractivity contribution is 7.15. The molecule has 0 aliphatic rings. The van der Waals surface area contributed by atoms with E-state index >= 15 is 0 Å². The Morgan fingerprint density at radius 2 is 1.55 bits per heavy atom. The van der Waals surface area contributed by atoms with E-state index in [4.69, 9.17) is 14.5 Å². The largest absolute Gasteiger partial charge is 0.618 e. The molecule has 5 aromatic rings. The van der Waals surface area contributed by atoms with Gasteiger partial charge in [-0.1, -0.05) is 54.6 Å². The second kappa shape index (κ2) is 11.5. The van der Waals surface area contributed by atoms with E-state index in [2.05, 4.69) is 12.1 Å². The number of nitrogens with zero attached hydrogens (tertiary/aromatic N) is 2. The van der Waals surface area contributed by atoms with Crippen LogP contribution in [0.3, 0.4) is 0 Å². The summed E-state index contributed by atoms with van der Waals surface area (Å²) in [5.74, 6) is 1.49. The minimum atomic E-state index is 0.392. The lowest BCUT2D eigenvalue weighted by atomic mass is 10.0. The summed E-state index contributed by atoms with van der Waals surface area (Å²) < 4.78 is 12.6. The van der Waals surface area contributed by atoms with E-state index in [1.807, 2.05) is 92.7 Å². The van der Waals surface area contributed by atoms with Crippen LogP contribution in [0.1, 0.15) is 27.4 Å². The third-order valence-corrected chi connectivity index (χ3v) is 7.51. The van der Waals surface area contributed by atoms with Crippen molar-refractivity contribution < 1.29 is 14.2 Å². The summed E-state index contributed by atoms with van der Waals surface area (Å²) in [6.07, 6.45) is 1.29. The van der Waals surface area contributed by atoms with Crippen molar-refractivity contribution in [2.75, 3.05) is 7.11 Å². The van der Waals surface area contributed by atoms with Crippen LogP contribution in [0.2, 0.25) is 0 Å². The minimum Gasteiger partial charge on any atom is -0.618 e. The van der Waals surface area contributed by atoms with Crippen LogP contribution in [0, 0.1) is 19.1 Å². The summed E-state index contributed by atoms with van der Waals surface area (Å²) in [5, 5.41) is 14.0. The van der Waals surface area contributed by atoms with Crippen molar-refractivity contribution in [3.05, 3.63) is 124 Å². The Balaban J connectivity index is 1.55. The molecule has 0 radical (unpaired) electrons. The van der Waals surface area contributed by atoms with E-state index < -0.39 is 0 Å². The average Bonchev–Trinajstić information content (AvgIpc) is 3.37. The van der Waals surface area contributed by atoms with Gasteiger partial charge in [-0.2, -0.15) is 4.73 Å². The van der Waals surface area contributed by atoms with Crippen molar-refractivity contribution in [3.8, 4) is 33.3 Å². The van der Waals surface area contributed by atoms with Crippen molar-refractivity contribution in [3.63, 3.8) is 0 Å². The van der Waals surface area contributed by atoms with Gasteiger partial charge in [0.1, 0.15) is 34.4 Å². The number of aromatic nitrogens is 2. The summed E-state index contributed by atoms with van der Waals surface area (Å²) >= 11 is 1.61. The SMILES string of the molecule is COc1ccc(COc2ccccc2-c2nc(C)c(-c3ccc(C)s3)[n+]([O-])c2CCc2ccccc2)cc1. The van der Waals surface area contributed by atoms with Crippen molar-refractivity contribution in [1.82, 2.24) is 4.98 Å². The number of para-hydroxylation sites is 1. The Hall–Kier alpha value is -4.16. The van der Waals surface area contributed by atoms with Crippen LogP contribution >= 0.6 is 11.3 Å². The molecule has 5 rings (SSSR count).